The van der Waals surface area contributed by atoms with Crippen molar-refractivity contribution in [3.8, 4) is 0 Å². The molecule has 26 heavy (non-hydrogen) atoms. The number of nitrogens with zero attached hydrogens (tertiary/aromatic N) is 4. The van der Waals surface area contributed by atoms with Crippen LogP contribution >= 0.6 is 0 Å². The van der Waals surface area contributed by atoms with Crippen molar-refractivity contribution in [2.24, 2.45) is 23.5 Å². The van der Waals surface area contributed by atoms with Gasteiger partial charge in [0.15, 0.2) is 0 Å². The second kappa shape index (κ2) is 7.47. The van der Waals surface area contributed by atoms with Crippen molar-refractivity contribution in [1.82, 2.24) is 14.7 Å². The van der Waals surface area contributed by atoms with Crippen molar-refractivity contribution in [2.45, 2.75) is 39.7 Å². The van der Waals surface area contributed by atoms with Gasteiger partial charge in [0.25, 0.3) is 0 Å². The molecule has 0 aromatic carbocycles. The maximum absolute atomic E-state index is 12.8. The van der Waals surface area contributed by atoms with Crippen LogP contribution in [0.4, 0.5) is 5.69 Å². The van der Waals surface area contributed by atoms with Crippen molar-refractivity contribution >= 4 is 23.4 Å². The van der Waals surface area contributed by atoms with E-state index in [0.717, 1.165) is 12.2 Å². The molecule has 142 valence electrons. The molecule has 0 saturated carbocycles. The highest BCUT2D eigenvalue weighted by atomic mass is 16.2. The summed E-state index contributed by atoms with van der Waals surface area (Å²) in [6.45, 7) is 6.46. The number of piperidine rings is 1. The average molecular weight is 361 g/mol. The summed E-state index contributed by atoms with van der Waals surface area (Å²) in [5.41, 5.74) is 6.09. The topological polar surface area (TPSA) is 102 Å². The first-order valence-corrected chi connectivity index (χ1v) is 9.26. The van der Waals surface area contributed by atoms with Gasteiger partial charge in [0.05, 0.1) is 17.8 Å². The second-order valence-electron chi connectivity index (χ2n) is 7.72. The molecular weight excluding hydrogens is 334 g/mol. The van der Waals surface area contributed by atoms with E-state index in [0.29, 0.717) is 38.4 Å². The molecule has 8 nitrogen and oxygen atoms in total. The Balaban J connectivity index is 1.60. The molecule has 1 aromatic heterocycles. The summed E-state index contributed by atoms with van der Waals surface area (Å²) in [5.74, 6) is -0.348. The van der Waals surface area contributed by atoms with Crippen LogP contribution in [0.3, 0.4) is 0 Å². The summed E-state index contributed by atoms with van der Waals surface area (Å²) >= 11 is 0. The Labute approximate surface area is 153 Å². The van der Waals surface area contributed by atoms with Crippen LogP contribution in [0.1, 0.15) is 33.1 Å². The van der Waals surface area contributed by atoms with Crippen LogP contribution < -0.4 is 10.6 Å². The first-order valence-electron chi connectivity index (χ1n) is 9.26. The Morgan fingerprint density at radius 3 is 2.58 bits per heavy atom. The SMILES string of the molecule is CC(C)Cn1cc(N2CC(C(=O)N3CCC(C(N)=O)CC3)CC2=O)cn1. The zero-order chi connectivity index (χ0) is 18.8. The van der Waals surface area contributed by atoms with E-state index in [9.17, 15) is 14.4 Å². The molecule has 0 aliphatic carbocycles. The van der Waals surface area contributed by atoms with Crippen molar-refractivity contribution < 1.29 is 14.4 Å². The highest BCUT2D eigenvalue weighted by Gasteiger charge is 2.38. The number of hydrogen-bond acceptors (Lipinski definition) is 4. The molecule has 1 unspecified atom stereocenters. The number of likely N-dealkylation sites (tertiary alicyclic amines) is 1. The van der Waals surface area contributed by atoms with Crippen molar-refractivity contribution in [2.75, 3.05) is 24.5 Å². The summed E-state index contributed by atoms with van der Waals surface area (Å²) in [7, 11) is 0. The molecule has 1 aromatic rings. The predicted octanol–water partition coefficient (Wildman–Crippen LogP) is 0.616. The van der Waals surface area contributed by atoms with E-state index in [1.165, 1.54) is 0 Å². The number of hydrogen-bond donors (Lipinski definition) is 1. The van der Waals surface area contributed by atoms with Crippen LogP contribution in [0.25, 0.3) is 0 Å². The predicted molar refractivity (Wildman–Crippen MR) is 96.0 cm³/mol. The third kappa shape index (κ3) is 3.89. The van der Waals surface area contributed by atoms with Gasteiger partial charge in [-0.25, -0.2) is 0 Å². The normalized spacial score (nSPS) is 21.7. The number of nitrogens with two attached hydrogens (primary N) is 1. The fourth-order valence-corrected chi connectivity index (χ4v) is 3.73. The molecule has 2 fully saturated rings. The molecule has 2 saturated heterocycles. The van der Waals surface area contributed by atoms with Crippen molar-refractivity contribution in [1.29, 1.82) is 0 Å². The minimum Gasteiger partial charge on any atom is -0.369 e. The Bertz CT molecular complexity index is 691. The van der Waals surface area contributed by atoms with Crippen LogP contribution in [0, 0.1) is 17.8 Å². The summed E-state index contributed by atoms with van der Waals surface area (Å²) in [4.78, 5) is 39.8. The number of aromatic nitrogens is 2. The molecule has 2 aliphatic rings. The number of primary amides is 1. The minimum absolute atomic E-state index is 0.00153. The monoisotopic (exact) mass is 361 g/mol. The van der Waals surface area contributed by atoms with E-state index in [-0.39, 0.29) is 36.0 Å². The molecule has 8 heteroatoms. The van der Waals surface area contributed by atoms with Gasteiger partial charge in [-0.05, 0) is 18.8 Å². The van der Waals surface area contributed by atoms with Crippen LogP contribution in [-0.2, 0) is 20.9 Å². The highest BCUT2D eigenvalue weighted by molar-refractivity contribution is 6.00. The first-order chi connectivity index (χ1) is 12.3. The first kappa shape index (κ1) is 18.4. The van der Waals surface area contributed by atoms with Gasteiger partial charge in [0, 0.05) is 44.7 Å². The molecule has 3 rings (SSSR count). The maximum Gasteiger partial charge on any atom is 0.228 e. The highest BCUT2D eigenvalue weighted by Crippen LogP contribution is 2.27. The number of rotatable bonds is 5. The van der Waals surface area contributed by atoms with Gasteiger partial charge in [-0.15, -0.1) is 0 Å². The summed E-state index contributed by atoms with van der Waals surface area (Å²) in [5, 5.41) is 4.30. The van der Waals surface area contributed by atoms with E-state index in [1.54, 1.807) is 16.0 Å². The van der Waals surface area contributed by atoms with Crippen molar-refractivity contribution in [3.63, 3.8) is 0 Å². The second-order valence-corrected chi connectivity index (χ2v) is 7.72. The molecule has 2 N–H and O–H groups in total. The zero-order valence-electron chi connectivity index (χ0n) is 15.4. The van der Waals surface area contributed by atoms with Gasteiger partial charge < -0.3 is 15.5 Å². The zero-order valence-corrected chi connectivity index (χ0v) is 15.4. The summed E-state index contributed by atoms with van der Waals surface area (Å²) in [6.07, 6.45) is 4.99. The number of amides is 3. The Morgan fingerprint density at radius 1 is 1.27 bits per heavy atom. The molecule has 1 atom stereocenters. The fourth-order valence-electron chi connectivity index (χ4n) is 3.73. The van der Waals surface area contributed by atoms with Crippen LogP contribution in [0.2, 0.25) is 0 Å². The van der Waals surface area contributed by atoms with E-state index < -0.39 is 0 Å². The lowest BCUT2D eigenvalue weighted by Crippen LogP contribution is -2.44. The number of carbonyl (C=O) groups excluding carboxylic acids is 3. The van der Waals surface area contributed by atoms with Crippen molar-refractivity contribution in [3.05, 3.63) is 12.4 Å². The van der Waals surface area contributed by atoms with Gasteiger partial charge in [-0.1, -0.05) is 13.8 Å². The molecule has 0 radical (unpaired) electrons. The number of carbonyl (C=O) groups is 3. The third-order valence-corrected chi connectivity index (χ3v) is 5.17. The minimum atomic E-state index is -0.332. The molecule has 3 amide bonds. The van der Waals surface area contributed by atoms with Gasteiger partial charge in [0.2, 0.25) is 17.7 Å². The van der Waals surface area contributed by atoms with Gasteiger partial charge >= 0.3 is 0 Å². The maximum atomic E-state index is 12.8. The van der Waals surface area contributed by atoms with Crippen LogP contribution in [0.15, 0.2) is 12.4 Å². The Morgan fingerprint density at radius 2 is 1.96 bits per heavy atom. The van der Waals surface area contributed by atoms with Gasteiger partial charge in [-0.2, -0.15) is 5.10 Å². The lowest BCUT2D eigenvalue weighted by molar-refractivity contribution is -0.138. The fraction of sp³-hybridized carbons (Fsp3) is 0.667. The molecular formula is C18H27N5O3. The third-order valence-electron chi connectivity index (χ3n) is 5.17. The van der Waals surface area contributed by atoms with E-state index >= 15 is 0 Å². The van der Waals surface area contributed by atoms with E-state index in [2.05, 4.69) is 18.9 Å². The summed E-state index contributed by atoms with van der Waals surface area (Å²) < 4.78 is 1.83. The smallest absolute Gasteiger partial charge is 0.228 e. The summed E-state index contributed by atoms with van der Waals surface area (Å²) in [6, 6.07) is 0. The molecule has 2 aliphatic heterocycles. The quantitative estimate of drug-likeness (QED) is 0.830. The molecule has 3 heterocycles. The van der Waals surface area contributed by atoms with E-state index in [1.807, 2.05) is 10.9 Å². The number of anilines is 1. The molecule has 0 bridgehead atoms. The van der Waals surface area contributed by atoms with Gasteiger partial charge in [0.1, 0.15) is 0 Å². The Hall–Kier alpha value is -2.38. The Kier molecular flexibility index (Phi) is 5.29. The van der Waals surface area contributed by atoms with Crippen LogP contribution in [-0.4, -0.2) is 52.0 Å². The average Bonchev–Trinajstić information content (AvgIpc) is 3.20. The lowest BCUT2D eigenvalue weighted by Gasteiger charge is -2.32. The van der Waals surface area contributed by atoms with Crippen LogP contribution in [0.5, 0.6) is 0 Å². The van der Waals surface area contributed by atoms with E-state index in [4.69, 9.17) is 5.73 Å². The largest absolute Gasteiger partial charge is 0.369 e. The van der Waals surface area contributed by atoms with Gasteiger partial charge in [-0.3, -0.25) is 19.1 Å². The molecule has 0 spiro atoms. The standard InChI is InChI=1S/C18H27N5O3/c1-12(2)9-22-11-15(8-20-22)23-10-14(7-16(23)24)18(26)21-5-3-13(4-6-21)17(19)25/h8,11-14H,3-7,9-10H2,1-2H3,(H2,19,25). The lowest BCUT2D eigenvalue weighted by atomic mass is 9.95.